The van der Waals surface area contributed by atoms with Crippen molar-refractivity contribution in [3.63, 3.8) is 0 Å². The summed E-state index contributed by atoms with van der Waals surface area (Å²) in [5.74, 6) is 0. The number of aromatic nitrogens is 1. The van der Waals surface area contributed by atoms with E-state index in [1.54, 1.807) is 6.20 Å². The third kappa shape index (κ3) is 3.04. The number of aryl methyl sites for hydroxylation is 1. The van der Waals surface area contributed by atoms with Gasteiger partial charge in [0.1, 0.15) is 0 Å². The third-order valence-corrected chi connectivity index (χ3v) is 2.30. The van der Waals surface area contributed by atoms with Crippen molar-refractivity contribution in [2.75, 3.05) is 10.6 Å². The number of carbonyl (C=O) groups is 1. The third-order valence-electron chi connectivity index (χ3n) is 2.30. The zero-order valence-electron chi connectivity index (χ0n) is 9.47. The molecule has 0 radical (unpaired) electrons. The van der Waals surface area contributed by atoms with Gasteiger partial charge in [-0.2, -0.15) is 0 Å². The zero-order chi connectivity index (χ0) is 12.1. The van der Waals surface area contributed by atoms with Gasteiger partial charge in [-0.1, -0.05) is 0 Å². The van der Waals surface area contributed by atoms with Crippen LogP contribution < -0.4 is 10.6 Å². The molecular weight excluding hydrogens is 214 g/mol. The first-order valence-electron chi connectivity index (χ1n) is 5.28. The van der Waals surface area contributed by atoms with Crippen LogP contribution in [0, 0.1) is 6.92 Å². The van der Waals surface area contributed by atoms with Crippen LogP contribution in [0.25, 0.3) is 0 Å². The van der Waals surface area contributed by atoms with Crippen molar-refractivity contribution in [1.29, 1.82) is 0 Å². The summed E-state index contributed by atoms with van der Waals surface area (Å²) < 4.78 is 0. The van der Waals surface area contributed by atoms with Gasteiger partial charge in [0.25, 0.3) is 0 Å². The van der Waals surface area contributed by atoms with Crippen molar-refractivity contribution in [2.45, 2.75) is 6.92 Å². The normalized spacial score (nSPS) is 9.71. The number of hydrogen-bond donors (Lipinski definition) is 2. The number of hydrogen-bond acceptors (Lipinski definition) is 3. The van der Waals surface area contributed by atoms with Crippen molar-refractivity contribution in [1.82, 2.24) is 4.98 Å². The summed E-state index contributed by atoms with van der Waals surface area (Å²) in [5.41, 5.74) is 3.70. The number of carbonyl (C=O) groups excluding carboxylic acids is 1. The van der Waals surface area contributed by atoms with Crippen molar-refractivity contribution in [3.8, 4) is 0 Å². The van der Waals surface area contributed by atoms with Crippen molar-refractivity contribution in [3.05, 3.63) is 48.3 Å². The zero-order valence-corrected chi connectivity index (χ0v) is 9.47. The van der Waals surface area contributed by atoms with Crippen LogP contribution in [0.2, 0.25) is 0 Å². The Labute approximate surface area is 99.7 Å². The monoisotopic (exact) mass is 227 g/mol. The molecule has 1 amide bonds. The van der Waals surface area contributed by atoms with E-state index in [-0.39, 0.29) is 0 Å². The molecule has 2 N–H and O–H groups in total. The molecule has 2 rings (SSSR count). The molecule has 0 aliphatic carbocycles. The lowest BCUT2D eigenvalue weighted by Crippen LogP contribution is -1.95. The Balaban J connectivity index is 2.11. The Hall–Kier alpha value is -2.36. The van der Waals surface area contributed by atoms with Crippen LogP contribution in [-0.2, 0) is 4.79 Å². The SMILES string of the molecule is Cc1cc(Nc2ccc(NC=O)cc2)ccn1. The lowest BCUT2D eigenvalue weighted by molar-refractivity contribution is -0.105. The van der Waals surface area contributed by atoms with E-state index >= 15 is 0 Å². The Bertz CT molecular complexity index is 508. The summed E-state index contributed by atoms with van der Waals surface area (Å²) in [6, 6.07) is 11.4. The molecular formula is C13H13N3O. The number of nitrogens with one attached hydrogen (secondary N) is 2. The van der Waals surface area contributed by atoms with Crippen LogP contribution in [-0.4, -0.2) is 11.4 Å². The molecule has 0 saturated heterocycles. The highest BCUT2D eigenvalue weighted by molar-refractivity contribution is 5.72. The fraction of sp³-hybridized carbons (Fsp3) is 0.0769. The molecule has 1 aromatic carbocycles. The number of pyridine rings is 1. The van der Waals surface area contributed by atoms with Crippen LogP contribution in [0.15, 0.2) is 42.6 Å². The van der Waals surface area contributed by atoms with Gasteiger partial charge in [-0.25, -0.2) is 0 Å². The summed E-state index contributed by atoms with van der Waals surface area (Å²) in [4.78, 5) is 14.4. The van der Waals surface area contributed by atoms with Gasteiger partial charge >= 0.3 is 0 Å². The van der Waals surface area contributed by atoms with E-state index in [0.29, 0.717) is 6.41 Å². The van der Waals surface area contributed by atoms with E-state index in [1.807, 2.05) is 43.3 Å². The fourth-order valence-corrected chi connectivity index (χ4v) is 1.51. The van der Waals surface area contributed by atoms with Crippen LogP contribution in [0.4, 0.5) is 17.1 Å². The number of benzene rings is 1. The predicted octanol–water partition coefficient (Wildman–Crippen LogP) is 2.70. The van der Waals surface area contributed by atoms with Crippen molar-refractivity contribution >= 4 is 23.5 Å². The molecule has 86 valence electrons. The molecule has 4 heteroatoms. The highest BCUT2D eigenvalue weighted by Crippen LogP contribution is 2.18. The van der Waals surface area contributed by atoms with Gasteiger partial charge in [0, 0.05) is 29.0 Å². The van der Waals surface area contributed by atoms with Crippen LogP contribution in [0.1, 0.15) is 5.69 Å². The topological polar surface area (TPSA) is 54.0 Å². The van der Waals surface area contributed by atoms with E-state index in [2.05, 4.69) is 15.6 Å². The minimum atomic E-state index is 0.661. The molecule has 17 heavy (non-hydrogen) atoms. The second-order valence-corrected chi connectivity index (χ2v) is 3.65. The maximum absolute atomic E-state index is 10.3. The predicted molar refractivity (Wildman–Crippen MR) is 68.4 cm³/mol. The maximum atomic E-state index is 10.3. The lowest BCUT2D eigenvalue weighted by Gasteiger charge is -2.07. The summed E-state index contributed by atoms with van der Waals surface area (Å²) in [6.45, 7) is 1.95. The van der Waals surface area contributed by atoms with Gasteiger partial charge in [-0.3, -0.25) is 9.78 Å². The first kappa shape index (κ1) is 11.1. The molecule has 1 heterocycles. The van der Waals surface area contributed by atoms with Crippen molar-refractivity contribution in [2.24, 2.45) is 0 Å². The van der Waals surface area contributed by atoms with Crippen molar-refractivity contribution < 1.29 is 4.79 Å². The first-order chi connectivity index (χ1) is 8.28. The Morgan fingerprint density at radius 3 is 2.41 bits per heavy atom. The molecule has 0 bridgehead atoms. The lowest BCUT2D eigenvalue weighted by atomic mass is 10.2. The number of anilines is 3. The van der Waals surface area contributed by atoms with Gasteiger partial charge in [-0.15, -0.1) is 0 Å². The van der Waals surface area contributed by atoms with E-state index < -0.39 is 0 Å². The molecule has 0 aliphatic rings. The largest absolute Gasteiger partial charge is 0.355 e. The number of rotatable bonds is 4. The molecule has 2 aromatic rings. The molecule has 0 atom stereocenters. The molecule has 0 fully saturated rings. The van der Waals surface area contributed by atoms with Crippen LogP contribution in [0.5, 0.6) is 0 Å². The molecule has 0 unspecified atom stereocenters. The Morgan fingerprint density at radius 2 is 1.76 bits per heavy atom. The van der Waals surface area contributed by atoms with E-state index in [4.69, 9.17) is 0 Å². The van der Waals surface area contributed by atoms with E-state index in [9.17, 15) is 4.79 Å². The average molecular weight is 227 g/mol. The average Bonchev–Trinajstić information content (AvgIpc) is 2.32. The maximum Gasteiger partial charge on any atom is 0.211 e. The molecule has 0 aliphatic heterocycles. The number of amides is 1. The first-order valence-corrected chi connectivity index (χ1v) is 5.28. The Kier molecular flexibility index (Phi) is 3.35. The summed E-state index contributed by atoms with van der Waals surface area (Å²) in [5, 5.41) is 5.85. The highest BCUT2D eigenvalue weighted by atomic mass is 16.1. The minimum absolute atomic E-state index is 0.661. The smallest absolute Gasteiger partial charge is 0.211 e. The second-order valence-electron chi connectivity index (χ2n) is 3.65. The summed E-state index contributed by atoms with van der Waals surface area (Å²) in [6.07, 6.45) is 2.43. The van der Waals surface area contributed by atoms with Gasteiger partial charge < -0.3 is 10.6 Å². The molecule has 4 nitrogen and oxygen atoms in total. The minimum Gasteiger partial charge on any atom is -0.355 e. The van der Waals surface area contributed by atoms with Gasteiger partial charge in [0.2, 0.25) is 6.41 Å². The Morgan fingerprint density at radius 1 is 1.06 bits per heavy atom. The van der Waals surface area contributed by atoms with E-state index in [1.165, 1.54) is 0 Å². The van der Waals surface area contributed by atoms with Gasteiger partial charge in [-0.05, 0) is 43.3 Å². The summed E-state index contributed by atoms with van der Waals surface area (Å²) in [7, 11) is 0. The molecule has 1 aromatic heterocycles. The summed E-state index contributed by atoms with van der Waals surface area (Å²) >= 11 is 0. The highest BCUT2D eigenvalue weighted by Gasteiger charge is 1.96. The fourth-order valence-electron chi connectivity index (χ4n) is 1.51. The standard InChI is InChI=1S/C13H13N3O/c1-10-8-13(6-7-14-10)16-12-4-2-11(3-5-12)15-9-17/h2-9H,1H3,(H,14,16)(H,15,17). The van der Waals surface area contributed by atoms with Gasteiger partial charge in [0.05, 0.1) is 0 Å². The molecule has 0 saturated carbocycles. The van der Waals surface area contributed by atoms with E-state index in [0.717, 1.165) is 22.8 Å². The molecule has 0 spiro atoms. The van der Waals surface area contributed by atoms with Crippen LogP contribution in [0.3, 0.4) is 0 Å². The second kappa shape index (κ2) is 5.12. The van der Waals surface area contributed by atoms with Gasteiger partial charge in [0.15, 0.2) is 0 Å². The van der Waals surface area contributed by atoms with Crippen LogP contribution >= 0.6 is 0 Å². The quantitative estimate of drug-likeness (QED) is 0.789. The number of nitrogens with zero attached hydrogens (tertiary/aromatic N) is 1.